The molecule has 0 aliphatic carbocycles. The lowest BCUT2D eigenvalue weighted by Crippen LogP contribution is -2.50. The molecule has 0 saturated carbocycles. The van der Waals surface area contributed by atoms with Crippen LogP contribution >= 0.6 is 11.6 Å². The summed E-state index contributed by atoms with van der Waals surface area (Å²) in [5.41, 5.74) is -0.272. The third-order valence-corrected chi connectivity index (χ3v) is 5.65. The van der Waals surface area contributed by atoms with Crippen molar-refractivity contribution in [2.45, 2.75) is 44.4 Å². The van der Waals surface area contributed by atoms with Crippen molar-refractivity contribution in [3.63, 3.8) is 0 Å². The Balaban J connectivity index is 1.88. The van der Waals surface area contributed by atoms with E-state index < -0.39 is 11.7 Å². The van der Waals surface area contributed by atoms with Gasteiger partial charge in [0, 0.05) is 37.3 Å². The standard InChI is InChI=1S/C18H22ClF3N4O/c1-10-9-23-6-7-26(10)17-25-15-14(18(20,21)22)12(19)8-11(16(15)27-17)13-4-2-3-5-24-13/h8,10,13,23-24H,2-7,9H2,1H3/t10-,13-/m0/s1. The predicted molar refractivity (Wildman–Crippen MR) is 98.3 cm³/mol. The zero-order valence-electron chi connectivity index (χ0n) is 15.0. The number of hydrogen-bond donors (Lipinski definition) is 2. The van der Waals surface area contributed by atoms with Crippen LogP contribution in [0.1, 0.15) is 43.4 Å². The number of aromatic nitrogens is 1. The van der Waals surface area contributed by atoms with Crippen LogP contribution in [0.15, 0.2) is 10.5 Å². The number of anilines is 1. The monoisotopic (exact) mass is 402 g/mol. The Morgan fingerprint density at radius 3 is 2.78 bits per heavy atom. The smallest absolute Gasteiger partial charge is 0.420 e. The lowest BCUT2D eigenvalue weighted by molar-refractivity contribution is -0.136. The average Bonchev–Trinajstić information content (AvgIpc) is 3.05. The molecule has 2 atom stereocenters. The van der Waals surface area contributed by atoms with E-state index >= 15 is 0 Å². The summed E-state index contributed by atoms with van der Waals surface area (Å²) in [5.74, 6) is 0. The maximum Gasteiger partial charge on any atom is 0.420 e. The highest BCUT2D eigenvalue weighted by molar-refractivity contribution is 6.32. The molecule has 0 amide bonds. The third kappa shape index (κ3) is 3.50. The number of nitrogens with zero attached hydrogens (tertiary/aromatic N) is 2. The fraction of sp³-hybridized carbons (Fsp3) is 0.611. The molecular weight excluding hydrogens is 381 g/mol. The Hall–Kier alpha value is -1.51. The van der Waals surface area contributed by atoms with Gasteiger partial charge in [0.15, 0.2) is 5.58 Å². The number of rotatable bonds is 2. The number of oxazole rings is 1. The average molecular weight is 403 g/mol. The number of nitrogens with one attached hydrogen (secondary N) is 2. The van der Waals surface area contributed by atoms with Crippen LogP contribution in [0.5, 0.6) is 0 Å². The van der Waals surface area contributed by atoms with Crippen LogP contribution in [0.4, 0.5) is 19.2 Å². The molecule has 2 aromatic rings. The van der Waals surface area contributed by atoms with E-state index in [0.717, 1.165) is 38.9 Å². The summed E-state index contributed by atoms with van der Waals surface area (Å²) in [5, 5.41) is 6.28. The van der Waals surface area contributed by atoms with Crippen LogP contribution in [0, 0.1) is 0 Å². The van der Waals surface area contributed by atoms with Crippen LogP contribution in [-0.4, -0.2) is 37.2 Å². The van der Waals surface area contributed by atoms with Gasteiger partial charge in [0.05, 0.1) is 5.02 Å². The largest absolute Gasteiger partial charge is 0.423 e. The van der Waals surface area contributed by atoms with E-state index in [1.165, 1.54) is 6.07 Å². The minimum absolute atomic E-state index is 0.0767. The second-order valence-electron chi connectivity index (χ2n) is 7.24. The summed E-state index contributed by atoms with van der Waals surface area (Å²) in [7, 11) is 0. The number of fused-ring (bicyclic) bond motifs is 1. The van der Waals surface area contributed by atoms with E-state index in [-0.39, 0.29) is 34.2 Å². The van der Waals surface area contributed by atoms with Crippen LogP contribution in [0.2, 0.25) is 5.02 Å². The highest BCUT2D eigenvalue weighted by atomic mass is 35.5. The zero-order chi connectivity index (χ0) is 19.2. The Morgan fingerprint density at radius 1 is 1.30 bits per heavy atom. The second-order valence-corrected chi connectivity index (χ2v) is 7.65. The molecule has 2 aliphatic rings. The van der Waals surface area contributed by atoms with Crippen LogP contribution in [0.3, 0.4) is 0 Å². The molecule has 2 fully saturated rings. The van der Waals surface area contributed by atoms with Crippen molar-refractivity contribution in [3.8, 4) is 0 Å². The first-order valence-corrected chi connectivity index (χ1v) is 9.65. The Kier molecular flexibility index (Phi) is 4.98. The summed E-state index contributed by atoms with van der Waals surface area (Å²) in [6.45, 7) is 4.89. The minimum Gasteiger partial charge on any atom is -0.423 e. The summed E-state index contributed by atoms with van der Waals surface area (Å²) in [6.07, 6.45) is -1.71. The van der Waals surface area contributed by atoms with Crippen molar-refractivity contribution >= 4 is 28.7 Å². The van der Waals surface area contributed by atoms with Gasteiger partial charge in [-0.15, -0.1) is 0 Å². The van der Waals surface area contributed by atoms with Crippen LogP contribution < -0.4 is 15.5 Å². The Bertz CT molecular complexity index is 832. The van der Waals surface area contributed by atoms with Gasteiger partial charge in [0.25, 0.3) is 6.01 Å². The van der Waals surface area contributed by atoms with Crippen molar-refractivity contribution in [1.29, 1.82) is 0 Å². The Labute approximate surface area is 160 Å². The molecule has 1 aromatic heterocycles. The molecule has 0 unspecified atom stereocenters. The van der Waals surface area contributed by atoms with Gasteiger partial charge in [0.1, 0.15) is 11.1 Å². The summed E-state index contributed by atoms with van der Waals surface area (Å²) in [6, 6.07) is 1.62. The van der Waals surface area contributed by atoms with Crippen molar-refractivity contribution < 1.29 is 17.6 Å². The van der Waals surface area contributed by atoms with E-state index in [1.54, 1.807) is 0 Å². The van der Waals surface area contributed by atoms with E-state index in [1.807, 2.05) is 11.8 Å². The highest BCUT2D eigenvalue weighted by Crippen LogP contribution is 2.44. The van der Waals surface area contributed by atoms with E-state index in [4.69, 9.17) is 16.0 Å². The number of alkyl halides is 3. The molecule has 1 aromatic carbocycles. The third-order valence-electron chi connectivity index (χ3n) is 5.35. The fourth-order valence-corrected chi connectivity index (χ4v) is 4.27. The summed E-state index contributed by atoms with van der Waals surface area (Å²) < 4.78 is 47.0. The summed E-state index contributed by atoms with van der Waals surface area (Å²) >= 11 is 6.08. The molecule has 4 rings (SSSR count). The number of piperidine rings is 1. The van der Waals surface area contributed by atoms with Gasteiger partial charge in [-0.1, -0.05) is 18.0 Å². The number of hydrogen-bond acceptors (Lipinski definition) is 5. The maximum absolute atomic E-state index is 13.7. The topological polar surface area (TPSA) is 53.3 Å². The van der Waals surface area contributed by atoms with Gasteiger partial charge < -0.3 is 20.0 Å². The van der Waals surface area contributed by atoms with Crippen molar-refractivity contribution in [3.05, 3.63) is 22.2 Å². The molecule has 27 heavy (non-hydrogen) atoms. The van der Waals surface area contributed by atoms with Gasteiger partial charge in [-0.25, -0.2) is 0 Å². The molecule has 9 heteroatoms. The first kappa shape index (κ1) is 18.8. The van der Waals surface area contributed by atoms with Crippen molar-refractivity contribution in [2.75, 3.05) is 31.1 Å². The van der Waals surface area contributed by atoms with E-state index in [0.29, 0.717) is 12.1 Å². The van der Waals surface area contributed by atoms with Crippen LogP contribution in [-0.2, 0) is 6.18 Å². The second kappa shape index (κ2) is 7.14. The molecule has 3 heterocycles. The molecule has 0 spiro atoms. The summed E-state index contributed by atoms with van der Waals surface area (Å²) in [4.78, 5) is 6.17. The van der Waals surface area contributed by atoms with Gasteiger partial charge in [-0.05, 0) is 32.4 Å². The Morgan fingerprint density at radius 2 is 2.11 bits per heavy atom. The number of piperazine rings is 1. The molecule has 2 saturated heterocycles. The number of benzene rings is 1. The zero-order valence-corrected chi connectivity index (χ0v) is 15.8. The quantitative estimate of drug-likeness (QED) is 0.791. The predicted octanol–water partition coefficient (Wildman–Crippen LogP) is 4.11. The normalized spacial score (nSPS) is 24.6. The minimum atomic E-state index is -4.60. The molecule has 0 bridgehead atoms. The highest BCUT2D eigenvalue weighted by Gasteiger charge is 2.39. The SMILES string of the molecule is C[C@H]1CNCCN1c1nc2c(C(F)(F)F)c(Cl)cc([C@@H]3CCCCN3)c2o1. The molecule has 2 N–H and O–H groups in total. The van der Waals surface area contributed by atoms with E-state index in [9.17, 15) is 13.2 Å². The van der Waals surface area contributed by atoms with E-state index in [2.05, 4.69) is 15.6 Å². The molecule has 0 radical (unpaired) electrons. The van der Waals surface area contributed by atoms with Gasteiger partial charge in [-0.3, -0.25) is 0 Å². The maximum atomic E-state index is 13.7. The molecule has 2 aliphatic heterocycles. The lowest BCUT2D eigenvalue weighted by Gasteiger charge is -2.32. The first-order chi connectivity index (χ1) is 12.9. The van der Waals surface area contributed by atoms with Crippen molar-refractivity contribution in [2.24, 2.45) is 0 Å². The lowest BCUT2D eigenvalue weighted by atomic mass is 9.95. The number of halogens is 4. The molecule has 148 valence electrons. The van der Waals surface area contributed by atoms with Gasteiger partial charge in [0.2, 0.25) is 0 Å². The van der Waals surface area contributed by atoms with Crippen LogP contribution in [0.25, 0.3) is 11.1 Å². The molecular formula is C18H22ClF3N4O. The van der Waals surface area contributed by atoms with Crippen molar-refractivity contribution in [1.82, 2.24) is 15.6 Å². The molecule has 5 nitrogen and oxygen atoms in total. The first-order valence-electron chi connectivity index (χ1n) is 9.27. The van der Waals surface area contributed by atoms with Gasteiger partial charge >= 0.3 is 6.18 Å². The fourth-order valence-electron chi connectivity index (χ4n) is 3.96. The van der Waals surface area contributed by atoms with Gasteiger partial charge in [-0.2, -0.15) is 18.2 Å².